The van der Waals surface area contributed by atoms with Crippen molar-refractivity contribution in [3.8, 4) is 0 Å². The van der Waals surface area contributed by atoms with Crippen LogP contribution in [-0.4, -0.2) is 45.3 Å². The molecule has 8 heteroatoms. The van der Waals surface area contributed by atoms with Gasteiger partial charge in [0.15, 0.2) is 6.61 Å². The Morgan fingerprint density at radius 2 is 1.74 bits per heavy atom. The van der Waals surface area contributed by atoms with Crippen LogP contribution in [0.5, 0.6) is 0 Å². The highest BCUT2D eigenvalue weighted by Crippen LogP contribution is 2.22. The van der Waals surface area contributed by atoms with Gasteiger partial charge in [-0.1, -0.05) is 44.2 Å². The maximum atomic E-state index is 12.4. The van der Waals surface area contributed by atoms with Crippen molar-refractivity contribution in [2.24, 2.45) is 0 Å². The lowest BCUT2D eigenvalue weighted by Gasteiger charge is -2.15. The molecule has 31 heavy (non-hydrogen) atoms. The van der Waals surface area contributed by atoms with Gasteiger partial charge in [-0.3, -0.25) is 4.79 Å². The highest BCUT2D eigenvalue weighted by molar-refractivity contribution is 7.89. The van der Waals surface area contributed by atoms with Crippen molar-refractivity contribution in [1.29, 1.82) is 0 Å². The fourth-order valence-electron chi connectivity index (χ4n) is 2.69. The molecule has 1 amide bonds. The molecule has 0 aliphatic rings. The summed E-state index contributed by atoms with van der Waals surface area (Å²) in [6, 6.07) is 12.4. The zero-order valence-electron chi connectivity index (χ0n) is 18.4. The Morgan fingerprint density at radius 1 is 1.10 bits per heavy atom. The van der Waals surface area contributed by atoms with Gasteiger partial charge in [0.1, 0.15) is 0 Å². The van der Waals surface area contributed by atoms with Crippen molar-refractivity contribution in [2.75, 3.05) is 26.0 Å². The SMILES string of the molecule is Cc1ccc(NC(=O)COC(=O)/C=C/c2ccc(C(C)C)cc2)cc1S(=O)(=O)N(C)C. The summed E-state index contributed by atoms with van der Waals surface area (Å²) in [6.07, 6.45) is 2.87. The minimum Gasteiger partial charge on any atom is -0.452 e. The molecule has 0 radical (unpaired) electrons. The second-order valence-electron chi connectivity index (χ2n) is 7.58. The van der Waals surface area contributed by atoms with Crippen LogP contribution in [0.3, 0.4) is 0 Å². The van der Waals surface area contributed by atoms with Gasteiger partial charge < -0.3 is 10.1 Å². The van der Waals surface area contributed by atoms with Gasteiger partial charge in [0, 0.05) is 25.9 Å². The van der Waals surface area contributed by atoms with Gasteiger partial charge >= 0.3 is 5.97 Å². The van der Waals surface area contributed by atoms with Crippen LogP contribution in [0.2, 0.25) is 0 Å². The van der Waals surface area contributed by atoms with Gasteiger partial charge in [-0.25, -0.2) is 17.5 Å². The van der Waals surface area contributed by atoms with Crippen LogP contribution in [0.25, 0.3) is 6.08 Å². The highest BCUT2D eigenvalue weighted by atomic mass is 32.2. The Hall–Kier alpha value is -2.97. The number of hydrogen-bond acceptors (Lipinski definition) is 5. The summed E-state index contributed by atoms with van der Waals surface area (Å²) in [6.45, 7) is 5.39. The molecule has 0 atom stereocenters. The van der Waals surface area contributed by atoms with Crippen molar-refractivity contribution >= 4 is 33.7 Å². The number of nitrogens with one attached hydrogen (secondary N) is 1. The van der Waals surface area contributed by atoms with Crippen LogP contribution in [0.4, 0.5) is 5.69 Å². The Bertz CT molecular complexity index is 1070. The first-order valence-electron chi connectivity index (χ1n) is 9.78. The summed E-state index contributed by atoms with van der Waals surface area (Å²) < 4.78 is 30.8. The molecule has 0 bridgehead atoms. The fraction of sp³-hybridized carbons (Fsp3) is 0.304. The maximum absolute atomic E-state index is 12.4. The van der Waals surface area contributed by atoms with E-state index >= 15 is 0 Å². The van der Waals surface area contributed by atoms with Crippen LogP contribution in [0.1, 0.15) is 36.5 Å². The molecule has 0 saturated carbocycles. The molecule has 0 aliphatic carbocycles. The first-order valence-corrected chi connectivity index (χ1v) is 11.2. The molecule has 2 rings (SSSR count). The summed E-state index contributed by atoms with van der Waals surface area (Å²) in [5.41, 5.74) is 2.91. The average Bonchev–Trinajstić information content (AvgIpc) is 2.72. The van der Waals surface area contributed by atoms with Crippen LogP contribution < -0.4 is 5.32 Å². The van der Waals surface area contributed by atoms with Crippen LogP contribution in [0, 0.1) is 6.92 Å². The Kier molecular flexibility index (Phi) is 8.13. The number of amides is 1. The minimum absolute atomic E-state index is 0.0960. The van der Waals surface area contributed by atoms with Gasteiger partial charge in [0.2, 0.25) is 10.0 Å². The first kappa shape index (κ1) is 24.3. The normalized spacial score (nSPS) is 11.8. The molecule has 1 N–H and O–H groups in total. The molecular weight excluding hydrogens is 416 g/mol. The standard InChI is InChI=1S/C23H28N2O5S/c1-16(2)19-10-7-18(8-11-19)9-13-23(27)30-15-22(26)24-20-12-6-17(3)21(14-20)31(28,29)25(4)5/h6-14,16H,15H2,1-5H3,(H,24,26)/b13-9+. The molecule has 166 valence electrons. The summed E-state index contributed by atoms with van der Waals surface area (Å²) in [5.74, 6) is -0.794. The number of carbonyl (C=O) groups excluding carboxylic acids is 2. The number of hydrogen-bond donors (Lipinski definition) is 1. The largest absolute Gasteiger partial charge is 0.452 e. The predicted molar refractivity (Wildman–Crippen MR) is 121 cm³/mol. The summed E-state index contributed by atoms with van der Waals surface area (Å²) >= 11 is 0. The third kappa shape index (κ3) is 6.77. The Labute approximate surface area is 183 Å². The number of aryl methyl sites for hydroxylation is 1. The number of anilines is 1. The third-order valence-corrected chi connectivity index (χ3v) is 6.55. The zero-order chi connectivity index (χ0) is 23.2. The van der Waals surface area contributed by atoms with Crippen molar-refractivity contribution in [3.05, 3.63) is 65.2 Å². The van der Waals surface area contributed by atoms with Crippen molar-refractivity contribution < 1.29 is 22.7 Å². The first-order chi connectivity index (χ1) is 14.5. The van der Waals surface area contributed by atoms with E-state index in [1.807, 2.05) is 24.3 Å². The smallest absolute Gasteiger partial charge is 0.331 e. The second-order valence-corrected chi connectivity index (χ2v) is 9.70. The highest BCUT2D eigenvalue weighted by Gasteiger charge is 2.20. The van der Waals surface area contributed by atoms with E-state index in [9.17, 15) is 18.0 Å². The Morgan fingerprint density at radius 3 is 2.32 bits per heavy atom. The second kappa shape index (κ2) is 10.4. The number of carbonyl (C=O) groups is 2. The lowest BCUT2D eigenvalue weighted by molar-refractivity contribution is -0.142. The van der Waals surface area contributed by atoms with E-state index in [2.05, 4.69) is 19.2 Å². The molecule has 0 spiro atoms. The van der Waals surface area contributed by atoms with Gasteiger partial charge in [-0.15, -0.1) is 0 Å². The van der Waals surface area contributed by atoms with E-state index in [0.29, 0.717) is 17.2 Å². The molecule has 0 saturated heterocycles. The van der Waals surface area contributed by atoms with E-state index < -0.39 is 28.5 Å². The molecule has 0 heterocycles. The number of rotatable bonds is 8. The van der Waals surface area contributed by atoms with E-state index in [0.717, 1.165) is 9.87 Å². The van der Waals surface area contributed by atoms with E-state index in [1.54, 1.807) is 25.1 Å². The minimum atomic E-state index is -3.65. The molecule has 0 aliphatic heterocycles. The monoisotopic (exact) mass is 444 g/mol. The van der Waals surface area contributed by atoms with Crippen LogP contribution in [0.15, 0.2) is 53.4 Å². The number of nitrogens with zero attached hydrogens (tertiary/aromatic N) is 1. The van der Waals surface area contributed by atoms with E-state index in [-0.39, 0.29) is 4.90 Å². The number of benzene rings is 2. The third-order valence-electron chi connectivity index (χ3n) is 4.59. The molecule has 7 nitrogen and oxygen atoms in total. The van der Waals surface area contributed by atoms with Crippen molar-refractivity contribution in [2.45, 2.75) is 31.6 Å². The van der Waals surface area contributed by atoms with E-state index in [1.165, 1.54) is 31.8 Å². The number of ether oxygens (including phenoxy) is 1. The average molecular weight is 445 g/mol. The summed E-state index contributed by atoms with van der Waals surface area (Å²) in [5, 5.41) is 2.54. The molecule has 2 aromatic carbocycles. The van der Waals surface area contributed by atoms with E-state index in [4.69, 9.17) is 4.74 Å². The number of esters is 1. The van der Waals surface area contributed by atoms with Gasteiger partial charge in [-0.2, -0.15) is 0 Å². The molecular formula is C23H28N2O5S. The van der Waals surface area contributed by atoms with Gasteiger partial charge in [0.05, 0.1) is 4.90 Å². The summed E-state index contributed by atoms with van der Waals surface area (Å²) in [7, 11) is -0.773. The molecule has 0 unspecified atom stereocenters. The molecule has 0 aromatic heterocycles. The maximum Gasteiger partial charge on any atom is 0.331 e. The quantitative estimate of drug-likeness (QED) is 0.496. The summed E-state index contributed by atoms with van der Waals surface area (Å²) in [4.78, 5) is 24.1. The number of sulfonamides is 1. The fourth-order valence-corrected chi connectivity index (χ4v) is 3.83. The predicted octanol–water partition coefficient (Wildman–Crippen LogP) is 3.56. The topological polar surface area (TPSA) is 92.8 Å². The lowest BCUT2D eigenvalue weighted by Crippen LogP contribution is -2.24. The lowest BCUT2D eigenvalue weighted by atomic mass is 10.0. The van der Waals surface area contributed by atoms with Crippen molar-refractivity contribution in [1.82, 2.24) is 4.31 Å². The van der Waals surface area contributed by atoms with Crippen LogP contribution in [-0.2, 0) is 24.3 Å². The van der Waals surface area contributed by atoms with Gasteiger partial charge in [-0.05, 0) is 47.7 Å². The van der Waals surface area contributed by atoms with Gasteiger partial charge in [0.25, 0.3) is 5.91 Å². The molecule has 2 aromatic rings. The van der Waals surface area contributed by atoms with Crippen molar-refractivity contribution in [3.63, 3.8) is 0 Å². The zero-order valence-corrected chi connectivity index (χ0v) is 19.2. The molecule has 0 fully saturated rings. The van der Waals surface area contributed by atoms with Crippen LogP contribution >= 0.6 is 0 Å². The Balaban J connectivity index is 1.94.